The lowest BCUT2D eigenvalue weighted by atomic mass is 10.1. The van der Waals surface area contributed by atoms with E-state index in [1.807, 2.05) is 17.6 Å². The van der Waals surface area contributed by atoms with E-state index in [0.29, 0.717) is 12.2 Å². The lowest BCUT2D eigenvalue weighted by Crippen LogP contribution is -2.18. The van der Waals surface area contributed by atoms with Crippen molar-refractivity contribution in [1.82, 2.24) is 4.57 Å². The molecule has 0 saturated carbocycles. The summed E-state index contributed by atoms with van der Waals surface area (Å²) < 4.78 is 26.1. The molecule has 6 heteroatoms. The van der Waals surface area contributed by atoms with Gasteiger partial charge < -0.3 is 9.67 Å². The van der Waals surface area contributed by atoms with Crippen LogP contribution < -0.4 is 0 Å². The monoisotopic (exact) mass is 309 g/mol. The van der Waals surface area contributed by atoms with Crippen molar-refractivity contribution in [2.24, 2.45) is 0 Å². The van der Waals surface area contributed by atoms with E-state index in [-0.39, 0.29) is 11.3 Å². The molecule has 1 aromatic carbocycles. The number of hydrogen-bond acceptors (Lipinski definition) is 3. The standard InChI is InChI=1S/C15H19NO4S/c1-4-16-13(9-21(19,20)10(2)3)7-11-5-6-12(15(17)18)8-14(11)16/h5-8,10H,4,9H2,1-3H3,(H,17,18). The highest BCUT2D eigenvalue weighted by Crippen LogP contribution is 2.24. The molecule has 0 bridgehead atoms. The molecular weight excluding hydrogens is 290 g/mol. The molecular formula is C15H19NO4S. The van der Waals surface area contributed by atoms with Crippen LogP contribution in [-0.4, -0.2) is 29.3 Å². The van der Waals surface area contributed by atoms with Crippen molar-refractivity contribution in [3.63, 3.8) is 0 Å². The molecule has 5 nitrogen and oxygen atoms in total. The van der Waals surface area contributed by atoms with Gasteiger partial charge in [0.25, 0.3) is 0 Å². The number of aryl methyl sites for hydroxylation is 1. The quantitative estimate of drug-likeness (QED) is 0.921. The highest BCUT2D eigenvalue weighted by molar-refractivity contribution is 7.91. The summed E-state index contributed by atoms with van der Waals surface area (Å²) in [5.41, 5.74) is 1.66. The number of aromatic nitrogens is 1. The summed E-state index contributed by atoms with van der Waals surface area (Å²) >= 11 is 0. The molecule has 0 aliphatic heterocycles. The first-order valence-corrected chi connectivity index (χ1v) is 8.55. The third-order valence-electron chi connectivity index (χ3n) is 3.62. The van der Waals surface area contributed by atoms with E-state index >= 15 is 0 Å². The second-order valence-corrected chi connectivity index (χ2v) is 7.87. The van der Waals surface area contributed by atoms with Crippen molar-refractivity contribution in [2.45, 2.75) is 38.3 Å². The van der Waals surface area contributed by atoms with Crippen molar-refractivity contribution in [1.29, 1.82) is 0 Å². The zero-order valence-electron chi connectivity index (χ0n) is 12.3. The van der Waals surface area contributed by atoms with E-state index in [1.54, 1.807) is 26.0 Å². The zero-order chi connectivity index (χ0) is 15.8. The fourth-order valence-electron chi connectivity index (χ4n) is 2.31. The lowest BCUT2D eigenvalue weighted by Gasteiger charge is -2.11. The second-order valence-electron chi connectivity index (χ2n) is 5.31. The van der Waals surface area contributed by atoms with Gasteiger partial charge >= 0.3 is 5.97 Å². The molecule has 0 fully saturated rings. The molecule has 2 rings (SSSR count). The van der Waals surface area contributed by atoms with Crippen molar-refractivity contribution in [3.05, 3.63) is 35.5 Å². The normalized spacial score (nSPS) is 12.2. The summed E-state index contributed by atoms with van der Waals surface area (Å²) in [7, 11) is -3.20. The maximum atomic E-state index is 12.1. The van der Waals surface area contributed by atoms with Gasteiger partial charge in [-0.25, -0.2) is 13.2 Å². The number of aromatic carboxylic acids is 1. The minimum atomic E-state index is -3.20. The van der Waals surface area contributed by atoms with E-state index in [0.717, 1.165) is 10.9 Å². The van der Waals surface area contributed by atoms with Gasteiger partial charge in [-0.1, -0.05) is 6.07 Å². The van der Waals surface area contributed by atoms with Crippen LogP contribution in [-0.2, 0) is 22.1 Å². The van der Waals surface area contributed by atoms with E-state index < -0.39 is 21.1 Å². The molecule has 0 atom stereocenters. The molecule has 0 aliphatic carbocycles. The summed E-state index contributed by atoms with van der Waals surface area (Å²) in [5, 5.41) is 9.49. The van der Waals surface area contributed by atoms with Crippen LogP contribution in [0.1, 0.15) is 36.8 Å². The van der Waals surface area contributed by atoms with Gasteiger partial charge in [0.05, 0.1) is 16.6 Å². The summed E-state index contributed by atoms with van der Waals surface area (Å²) in [6.45, 7) is 5.83. The van der Waals surface area contributed by atoms with Crippen LogP contribution in [0.2, 0.25) is 0 Å². The number of benzene rings is 1. The van der Waals surface area contributed by atoms with Gasteiger partial charge in [-0.15, -0.1) is 0 Å². The highest BCUT2D eigenvalue weighted by atomic mass is 32.2. The Kier molecular flexibility index (Phi) is 4.09. The average Bonchev–Trinajstić information content (AvgIpc) is 2.73. The summed E-state index contributed by atoms with van der Waals surface area (Å²) in [5.74, 6) is -1.02. The predicted molar refractivity (Wildman–Crippen MR) is 82.3 cm³/mol. The molecule has 0 aliphatic rings. The number of carboxylic acids is 1. The van der Waals surface area contributed by atoms with Crippen molar-refractivity contribution >= 4 is 26.7 Å². The van der Waals surface area contributed by atoms with Crippen LogP contribution in [0, 0.1) is 0 Å². The maximum Gasteiger partial charge on any atom is 0.335 e. The van der Waals surface area contributed by atoms with Crippen LogP contribution in [0.5, 0.6) is 0 Å². The minimum Gasteiger partial charge on any atom is -0.478 e. The fourth-order valence-corrected chi connectivity index (χ4v) is 3.30. The number of hydrogen-bond donors (Lipinski definition) is 1. The first-order valence-electron chi connectivity index (χ1n) is 6.83. The highest BCUT2D eigenvalue weighted by Gasteiger charge is 2.20. The van der Waals surface area contributed by atoms with E-state index in [9.17, 15) is 13.2 Å². The predicted octanol–water partition coefficient (Wildman–Crippen LogP) is 2.68. The van der Waals surface area contributed by atoms with Crippen molar-refractivity contribution in [2.75, 3.05) is 0 Å². The minimum absolute atomic E-state index is 0.0322. The topological polar surface area (TPSA) is 76.4 Å². The van der Waals surface area contributed by atoms with Gasteiger partial charge in [-0.05, 0) is 44.4 Å². The molecule has 0 amide bonds. The van der Waals surface area contributed by atoms with Crippen LogP contribution in [0.15, 0.2) is 24.3 Å². The third kappa shape index (κ3) is 2.95. The van der Waals surface area contributed by atoms with Crippen molar-refractivity contribution in [3.8, 4) is 0 Å². The lowest BCUT2D eigenvalue weighted by molar-refractivity contribution is 0.0697. The molecule has 0 radical (unpaired) electrons. The van der Waals surface area contributed by atoms with Gasteiger partial charge in [-0.2, -0.15) is 0 Å². The Bertz CT molecular complexity index is 787. The van der Waals surface area contributed by atoms with Crippen molar-refractivity contribution < 1.29 is 18.3 Å². The molecule has 21 heavy (non-hydrogen) atoms. The average molecular weight is 309 g/mol. The zero-order valence-corrected chi connectivity index (χ0v) is 13.1. The number of nitrogens with zero attached hydrogens (tertiary/aromatic N) is 1. The largest absolute Gasteiger partial charge is 0.478 e. The van der Waals surface area contributed by atoms with Crippen LogP contribution in [0.3, 0.4) is 0 Å². The molecule has 1 N–H and O–H groups in total. The van der Waals surface area contributed by atoms with Gasteiger partial charge in [0.1, 0.15) is 0 Å². The number of fused-ring (bicyclic) bond motifs is 1. The van der Waals surface area contributed by atoms with E-state index in [2.05, 4.69) is 0 Å². The number of rotatable bonds is 5. The Balaban J connectivity index is 2.58. The van der Waals surface area contributed by atoms with E-state index in [4.69, 9.17) is 5.11 Å². The summed E-state index contributed by atoms with van der Waals surface area (Å²) in [4.78, 5) is 11.1. The van der Waals surface area contributed by atoms with Crippen LogP contribution in [0.25, 0.3) is 10.9 Å². The third-order valence-corrected chi connectivity index (χ3v) is 5.76. The molecule has 0 spiro atoms. The maximum absolute atomic E-state index is 12.1. The van der Waals surface area contributed by atoms with Gasteiger partial charge in [0.15, 0.2) is 9.84 Å². The van der Waals surface area contributed by atoms with Gasteiger partial charge in [-0.3, -0.25) is 0 Å². The van der Waals surface area contributed by atoms with Crippen LogP contribution in [0.4, 0.5) is 0 Å². The smallest absolute Gasteiger partial charge is 0.335 e. The van der Waals surface area contributed by atoms with Gasteiger partial charge in [0, 0.05) is 17.8 Å². The number of carboxylic acid groups (broad SMARTS) is 1. The van der Waals surface area contributed by atoms with Gasteiger partial charge in [0.2, 0.25) is 0 Å². The SMILES string of the molecule is CCn1c(CS(=O)(=O)C(C)C)cc2ccc(C(=O)O)cc21. The molecule has 2 aromatic rings. The Hall–Kier alpha value is -1.82. The van der Waals surface area contributed by atoms with E-state index in [1.165, 1.54) is 6.07 Å². The summed E-state index contributed by atoms with van der Waals surface area (Å²) in [6.07, 6.45) is 0. The second kappa shape index (κ2) is 5.52. The molecule has 114 valence electrons. The fraction of sp³-hybridized carbons (Fsp3) is 0.400. The Morgan fingerprint density at radius 3 is 2.48 bits per heavy atom. The first-order chi connectivity index (χ1) is 9.76. The van der Waals surface area contributed by atoms with Crippen LogP contribution >= 0.6 is 0 Å². The first kappa shape index (κ1) is 15.6. The Labute approximate surface area is 124 Å². The number of sulfone groups is 1. The molecule has 0 unspecified atom stereocenters. The molecule has 1 aromatic heterocycles. The number of carbonyl (C=O) groups is 1. The Morgan fingerprint density at radius 2 is 1.95 bits per heavy atom. The molecule has 1 heterocycles. The summed E-state index contributed by atoms with van der Waals surface area (Å²) in [6, 6.07) is 6.67. The Morgan fingerprint density at radius 1 is 1.29 bits per heavy atom. The molecule has 0 saturated heterocycles.